The Bertz CT molecular complexity index is 386. The predicted molar refractivity (Wildman–Crippen MR) is 80.4 cm³/mol. The van der Waals surface area contributed by atoms with Crippen molar-refractivity contribution < 1.29 is 0 Å². The lowest BCUT2D eigenvalue weighted by Crippen LogP contribution is -2.53. The number of anilines is 1. The fraction of sp³-hybridized carbons (Fsp3) is 0.625. The summed E-state index contributed by atoms with van der Waals surface area (Å²) in [6.07, 6.45) is 4.05. The van der Waals surface area contributed by atoms with E-state index in [4.69, 9.17) is 5.73 Å². The molecule has 3 nitrogen and oxygen atoms in total. The smallest absolute Gasteiger partial charge is 0.0367 e. The van der Waals surface area contributed by atoms with E-state index in [0.717, 1.165) is 19.6 Å². The van der Waals surface area contributed by atoms with Gasteiger partial charge >= 0.3 is 0 Å². The molecule has 1 aromatic carbocycles. The highest BCUT2D eigenvalue weighted by Crippen LogP contribution is 2.40. The average molecular weight is 259 g/mol. The molecule has 1 saturated carbocycles. The molecule has 1 aliphatic heterocycles. The number of para-hydroxylation sites is 1. The van der Waals surface area contributed by atoms with Gasteiger partial charge in [0.1, 0.15) is 0 Å². The van der Waals surface area contributed by atoms with Crippen molar-refractivity contribution in [3.05, 3.63) is 30.3 Å². The lowest BCUT2D eigenvalue weighted by molar-refractivity contribution is 0.0718. The summed E-state index contributed by atoms with van der Waals surface area (Å²) in [7, 11) is 0. The van der Waals surface area contributed by atoms with E-state index in [2.05, 4.69) is 40.1 Å². The van der Waals surface area contributed by atoms with Crippen molar-refractivity contribution in [1.82, 2.24) is 4.90 Å². The quantitative estimate of drug-likeness (QED) is 0.897. The summed E-state index contributed by atoms with van der Waals surface area (Å²) in [4.78, 5) is 5.11. The zero-order valence-electron chi connectivity index (χ0n) is 11.7. The number of hydrogen-bond acceptors (Lipinski definition) is 3. The van der Waals surface area contributed by atoms with Crippen LogP contribution in [0.25, 0.3) is 0 Å². The Labute approximate surface area is 116 Å². The fourth-order valence-electron chi connectivity index (χ4n) is 3.38. The van der Waals surface area contributed by atoms with Gasteiger partial charge in [-0.25, -0.2) is 0 Å². The monoisotopic (exact) mass is 259 g/mol. The summed E-state index contributed by atoms with van der Waals surface area (Å²) in [6, 6.07) is 10.8. The van der Waals surface area contributed by atoms with Gasteiger partial charge in [-0.05, 0) is 36.9 Å². The molecule has 1 saturated heterocycles. The van der Waals surface area contributed by atoms with Crippen LogP contribution in [-0.2, 0) is 0 Å². The number of nitrogens with zero attached hydrogens (tertiary/aromatic N) is 2. The summed E-state index contributed by atoms with van der Waals surface area (Å²) in [5.41, 5.74) is 7.78. The van der Waals surface area contributed by atoms with Crippen LogP contribution in [0.3, 0.4) is 0 Å². The highest BCUT2D eigenvalue weighted by molar-refractivity contribution is 5.46. The maximum atomic E-state index is 5.97. The maximum Gasteiger partial charge on any atom is 0.0367 e. The zero-order chi connectivity index (χ0) is 13.1. The predicted octanol–water partition coefficient (Wildman–Crippen LogP) is 1.94. The van der Waals surface area contributed by atoms with E-state index in [-0.39, 0.29) is 0 Å². The van der Waals surface area contributed by atoms with Crippen LogP contribution in [0.15, 0.2) is 30.3 Å². The minimum Gasteiger partial charge on any atom is -0.369 e. The molecule has 1 aliphatic carbocycles. The van der Waals surface area contributed by atoms with Gasteiger partial charge in [0, 0.05) is 38.4 Å². The van der Waals surface area contributed by atoms with Gasteiger partial charge in [-0.1, -0.05) is 24.6 Å². The van der Waals surface area contributed by atoms with Crippen LogP contribution in [0.5, 0.6) is 0 Å². The summed E-state index contributed by atoms with van der Waals surface area (Å²) >= 11 is 0. The third-order valence-corrected chi connectivity index (χ3v) is 4.90. The Kier molecular flexibility index (Phi) is 3.76. The molecule has 3 rings (SSSR count). The Morgan fingerprint density at radius 1 is 1.00 bits per heavy atom. The summed E-state index contributed by atoms with van der Waals surface area (Å²) in [5, 5.41) is 0. The van der Waals surface area contributed by atoms with Crippen molar-refractivity contribution in [2.24, 2.45) is 11.1 Å². The van der Waals surface area contributed by atoms with Crippen molar-refractivity contribution >= 4 is 5.69 Å². The molecular formula is C16H25N3. The molecule has 0 amide bonds. The van der Waals surface area contributed by atoms with Gasteiger partial charge in [-0.2, -0.15) is 0 Å². The van der Waals surface area contributed by atoms with Gasteiger partial charge in [-0.3, -0.25) is 4.90 Å². The van der Waals surface area contributed by atoms with Crippen molar-refractivity contribution in [3.63, 3.8) is 0 Å². The van der Waals surface area contributed by atoms with Crippen LogP contribution in [0.1, 0.15) is 19.3 Å². The second-order valence-electron chi connectivity index (χ2n) is 6.16. The van der Waals surface area contributed by atoms with Crippen LogP contribution in [0.4, 0.5) is 5.69 Å². The molecule has 0 bridgehead atoms. The highest BCUT2D eigenvalue weighted by atomic mass is 15.3. The second kappa shape index (κ2) is 5.51. The van der Waals surface area contributed by atoms with E-state index in [9.17, 15) is 0 Å². The molecule has 19 heavy (non-hydrogen) atoms. The summed E-state index contributed by atoms with van der Waals surface area (Å²) in [6.45, 7) is 6.72. The molecule has 0 spiro atoms. The Morgan fingerprint density at radius 3 is 2.21 bits per heavy atom. The van der Waals surface area contributed by atoms with Gasteiger partial charge in [-0.15, -0.1) is 0 Å². The second-order valence-corrected chi connectivity index (χ2v) is 6.16. The van der Waals surface area contributed by atoms with Crippen molar-refractivity contribution in [2.45, 2.75) is 19.3 Å². The van der Waals surface area contributed by atoms with Crippen LogP contribution in [0.2, 0.25) is 0 Å². The Balaban J connectivity index is 1.52. The minimum absolute atomic E-state index is 0.453. The Morgan fingerprint density at radius 2 is 1.68 bits per heavy atom. The van der Waals surface area contributed by atoms with Gasteiger partial charge in [0.05, 0.1) is 0 Å². The summed E-state index contributed by atoms with van der Waals surface area (Å²) in [5.74, 6) is 0. The molecule has 3 heteroatoms. The Hall–Kier alpha value is -1.06. The normalized spacial score (nSPS) is 23.1. The van der Waals surface area contributed by atoms with Gasteiger partial charge < -0.3 is 10.6 Å². The number of rotatable bonds is 4. The van der Waals surface area contributed by atoms with Crippen LogP contribution < -0.4 is 10.6 Å². The van der Waals surface area contributed by atoms with Gasteiger partial charge in [0.25, 0.3) is 0 Å². The summed E-state index contributed by atoms with van der Waals surface area (Å²) < 4.78 is 0. The molecule has 104 valence electrons. The zero-order valence-corrected chi connectivity index (χ0v) is 11.7. The molecular weight excluding hydrogens is 234 g/mol. The maximum absolute atomic E-state index is 5.97. The first-order valence-electron chi connectivity index (χ1n) is 7.54. The van der Waals surface area contributed by atoms with E-state index in [1.165, 1.54) is 44.6 Å². The first-order chi connectivity index (χ1) is 9.31. The van der Waals surface area contributed by atoms with E-state index in [1.807, 2.05) is 0 Å². The third kappa shape index (κ3) is 2.77. The minimum atomic E-state index is 0.453. The first-order valence-corrected chi connectivity index (χ1v) is 7.54. The van der Waals surface area contributed by atoms with Gasteiger partial charge in [0.2, 0.25) is 0 Å². The molecule has 0 aromatic heterocycles. The SMILES string of the molecule is NCC1(CN2CCN(c3ccccc3)CC2)CCC1. The van der Waals surface area contributed by atoms with Crippen LogP contribution >= 0.6 is 0 Å². The molecule has 1 aromatic rings. The van der Waals surface area contributed by atoms with Crippen LogP contribution in [0, 0.1) is 5.41 Å². The van der Waals surface area contributed by atoms with Crippen molar-refractivity contribution in [3.8, 4) is 0 Å². The molecule has 2 aliphatic rings. The van der Waals surface area contributed by atoms with Crippen molar-refractivity contribution in [2.75, 3.05) is 44.2 Å². The van der Waals surface area contributed by atoms with E-state index >= 15 is 0 Å². The van der Waals surface area contributed by atoms with E-state index < -0.39 is 0 Å². The molecule has 2 N–H and O–H groups in total. The topological polar surface area (TPSA) is 32.5 Å². The number of benzene rings is 1. The number of nitrogens with two attached hydrogens (primary N) is 1. The first kappa shape index (κ1) is 12.9. The van der Waals surface area contributed by atoms with E-state index in [0.29, 0.717) is 5.41 Å². The van der Waals surface area contributed by atoms with E-state index in [1.54, 1.807) is 0 Å². The van der Waals surface area contributed by atoms with Gasteiger partial charge in [0.15, 0.2) is 0 Å². The molecule has 0 unspecified atom stereocenters. The average Bonchev–Trinajstić information content (AvgIpc) is 2.45. The van der Waals surface area contributed by atoms with Crippen LogP contribution in [-0.4, -0.2) is 44.2 Å². The van der Waals surface area contributed by atoms with Crippen molar-refractivity contribution in [1.29, 1.82) is 0 Å². The lowest BCUT2D eigenvalue weighted by atomic mass is 9.68. The molecule has 0 radical (unpaired) electrons. The lowest BCUT2D eigenvalue weighted by Gasteiger charge is -2.46. The third-order valence-electron chi connectivity index (χ3n) is 4.90. The molecule has 1 heterocycles. The highest BCUT2D eigenvalue weighted by Gasteiger charge is 2.37. The molecule has 0 atom stereocenters. The number of hydrogen-bond donors (Lipinski definition) is 1. The standard InChI is InChI=1S/C16H25N3/c17-13-16(7-4-8-16)14-18-9-11-19(12-10-18)15-5-2-1-3-6-15/h1-3,5-6H,4,7-14,17H2. The fourth-order valence-corrected chi connectivity index (χ4v) is 3.38. The largest absolute Gasteiger partial charge is 0.369 e. The number of piperazine rings is 1. The molecule has 2 fully saturated rings.